The Morgan fingerprint density at radius 1 is 1.20 bits per heavy atom. The maximum Gasteiger partial charge on any atom is 0.248 e. The third-order valence-electron chi connectivity index (χ3n) is 4.98. The molecule has 1 aliphatic carbocycles. The fraction of sp³-hybridized carbons (Fsp3) is 0.529. The smallest absolute Gasteiger partial charge is 0.248 e. The number of rotatable bonds is 4. The van der Waals surface area contributed by atoms with Crippen LogP contribution in [-0.2, 0) is 10.3 Å². The SMILES string of the molecule is Cl.NC1(c2noc(C(c3ccccc3F)N3CCOCC3)n2)CCC1. The molecule has 1 aromatic heterocycles. The van der Waals surface area contributed by atoms with Gasteiger partial charge < -0.3 is 15.0 Å². The summed E-state index contributed by atoms with van der Waals surface area (Å²) in [5, 5.41) is 4.09. The molecule has 8 heteroatoms. The standard InChI is InChI=1S/C17H21FN4O2.ClH/c18-13-5-2-1-4-12(13)14(22-8-10-23-11-9-22)15-20-16(21-24-15)17(19)6-3-7-17;/h1-2,4-5,14H,3,6-11,19H2;1H. The van der Waals surface area contributed by atoms with Crippen molar-refractivity contribution < 1.29 is 13.7 Å². The van der Waals surface area contributed by atoms with Gasteiger partial charge in [-0.25, -0.2) is 4.39 Å². The van der Waals surface area contributed by atoms with Crippen LogP contribution in [0.3, 0.4) is 0 Å². The Morgan fingerprint density at radius 3 is 2.56 bits per heavy atom. The van der Waals surface area contributed by atoms with Gasteiger partial charge in [0.25, 0.3) is 0 Å². The summed E-state index contributed by atoms with van der Waals surface area (Å²) in [5.41, 5.74) is 6.33. The molecule has 1 unspecified atom stereocenters. The number of hydrogen-bond donors (Lipinski definition) is 1. The average molecular weight is 369 g/mol. The number of ether oxygens (including phenoxy) is 1. The quantitative estimate of drug-likeness (QED) is 0.892. The lowest BCUT2D eigenvalue weighted by molar-refractivity contribution is 0.0174. The topological polar surface area (TPSA) is 77.4 Å². The van der Waals surface area contributed by atoms with Crippen molar-refractivity contribution in [3.63, 3.8) is 0 Å². The predicted octanol–water partition coefficient (Wildman–Crippen LogP) is 2.39. The van der Waals surface area contributed by atoms with Crippen LogP contribution in [0.5, 0.6) is 0 Å². The van der Waals surface area contributed by atoms with Gasteiger partial charge in [-0.3, -0.25) is 4.90 Å². The molecule has 6 nitrogen and oxygen atoms in total. The molecule has 0 amide bonds. The van der Waals surface area contributed by atoms with Crippen molar-refractivity contribution in [2.45, 2.75) is 30.8 Å². The molecule has 136 valence electrons. The van der Waals surface area contributed by atoms with E-state index in [0.717, 1.165) is 19.3 Å². The number of halogens is 2. The average Bonchev–Trinajstić information content (AvgIpc) is 3.06. The van der Waals surface area contributed by atoms with E-state index in [9.17, 15) is 4.39 Å². The molecule has 2 aromatic rings. The van der Waals surface area contributed by atoms with Gasteiger partial charge in [-0.05, 0) is 25.3 Å². The van der Waals surface area contributed by atoms with Crippen LogP contribution < -0.4 is 5.73 Å². The van der Waals surface area contributed by atoms with E-state index in [2.05, 4.69) is 15.0 Å². The Hall–Kier alpha value is -1.54. The first-order chi connectivity index (χ1) is 11.7. The third-order valence-corrected chi connectivity index (χ3v) is 4.98. The van der Waals surface area contributed by atoms with Crippen LogP contribution >= 0.6 is 12.4 Å². The lowest BCUT2D eigenvalue weighted by Gasteiger charge is -2.34. The first-order valence-electron chi connectivity index (χ1n) is 8.36. The van der Waals surface area contributed by atoms with Gasteiger partial charge in [0.05, 0.1) is 18.8 Å². The Bertz CT molecular complexity index is 716. The minimum absolute atomic E-state index is 0. The van der Waals surface area contributed by atoms with E-state index >= 15 is 0 Å². The van der Waals surface area contributed by atoms with Crippen molar-refractivity contribution in [1.82, 2.24) is 15.0 Å². The van der Waals surface area contributed by atoms with Crippen LogP contribution in [0.1, 0.15) is 42.6 Å². The van der Waals surface area contributed by atoms with Gasteiger partial charge in [-0.1, -0.05) is 23.4 Å². The molecule has 25 heavy (non-hydrogen) atoms. The van der Waals surface area contributed by atoms with Gasteiger partial charge in [-0.2, -0.15) is 4.98 Å². The molecule has 2 fully saturated rings. The number of hydrogen-bond acceptors (Lipinski definition) is 6. The lowest BCUT2D eigenvalue weighted by atomic mass is 9.77. The second-order valence-electron chi connectivity index (χ2n) is 6.54. The van der Waals surface area contributed by atoms with Crippen molar-refractivity contribution >= 4 is 12.4 Å². The van der Waals surface area contributed by atoms with Crippen LogP contribution in [0.4, 0.5) is 4.39 Å². The third kappa shape index (κ3) is 3.42. The molecule has 2 heterocycles. The molecule has 1 atom stereocenters. The molecule has 0 radical (unpaired) electrons. The Labute approximate surface area is 151 Å². The minimum atomic E-state index is -0.494. The summed E-state index contributed by atoms with van der Waals surface area (Å²) >= 11 is 0. The largest absolute Gasteiger partial charge is 0.379 e. The fourth-order valence-electron chi connectivity index (χ4n) is 3.35. The number of aromatic nitrogens is 2. The van der Waals surface area contributed by atoms with Crippen molar-refractivity contribution in [2.75, 3.05) is 26.3 Å². The molecule has 2 aliphatic rings. The highest BCUT2D eigenvalue weighted by atomic mass is 35.5. The predicted molar refractivity (Wildman–Crippen MR) is 91.9 cm³/mol. The first-order valence-corrected chi connectivity index (χ1v) is 8.36. The molecule has 4 rings (SSSR count). The monoisotopic (exact) mass is 368 g/mol. The second kappa shape index (κ2) is 7.37. The van der Waals surface area contributed by atoms with Crippen molar-refractivity contribution in [1.29, 1.82) is 0 Å². The van der Waals surface area contributed by atoms with Gasteiger partial charge in [0.2, 0.25) is 5.89 Å². The number of morpholine rings is 1. The zero-order chi connectivity index (χ0) is 16.6. The summed E-state index contributed by atoms with van der Waals surface area (Å²) in [6.45, 7) is 2.58. The van der Waals surface area contributed by atoms with Crippen molar-refractivity contribution in [2.24, 2.45) is 5.73 Å². The molecular formula is C17H22ClFN4O2. The summed E-state index contributed by atoms with van der Waals surface area (Å²) in [6, 6.07) is 6.30. The van der Waals surface area contributed by atoms with Crippen LogP contribution in [0.2, 0.25) is 0 Å². The highest BCUT2D eigenvalue weighted by molar-refractivity contribution is 5.85. The molecule has 0 bridgehead atoms. The van der Waals surface area contributed by atoms with Crippen molar-refractivity contribution in [3.8, 4) is 0 Å². The van der Waals surface area contributed by atoms with E-state index in [0.29, 0.717) is 43.6 Å². The highest BCUT2D eigenvalue weighted by Crippen LogP contribution is 2.38. The zero-order valence-electron chi connectivity index (χ0n) is 13.9. The maximum atomic E-state index is 14.4. The fourth-order valence-corrected chi connectivity index (χ4v) is 3.35. The molecule has 2 N–H and O–H groups in total. The summed E-state index contributed by atoms with van der Waals surface area (Å²) in [4.78, 5) is 6.66. The molecule has 1 saturated heterocycles. The van der Waals surface area contributed by atoms with E-state index in [4.69, 9.17) is 15.0 Å². The second-order valence-corrected chi connectivity index (χ2v) is 6.54. The van der Waals surface area contributed by atoms with Crippen LogP contribution in [0, 0.1) is 5.82 Å². The highest BCUT2D eigenvalue weighted by Gasteiger charge is 2.40. The first kappa shape index (κ1) is 18.3. The molecule has 1 aromatic carbocycles. The normalized spacial score (nSPS) is 21.2. The van der Waals surface area contributed by atoms with E-state index in [1.165, 1.54) is 6.07 Å². The zero-order valence-corrected chi connectivity index (χ0v) is 14.7. The van der Waals surface area contributed by atoms with E-state index < -0.39 is 11.6 Å². The van der Waals surface area contributed by atoms with E-state index in [1.807, 2.05) is 6.07 Å². The Morgan fingerprint density at radius 2 is 1.92 bits per heavy atom. The van der Waals surface area contributed by atoms with E-state index in [1.54, 1.807) is 12.1 Å². The molecule has 1 aliphatic heterocycles. The minimum Gasteiger partial charge on any atom is -0.379 e. The summed E-state index contributed by atoms with van der Waals surface area (Å²) in [5.74, 6) is 0.645. The number of nitrogens with two attached hydrogens (primary N) is 1. The van der Waals surface area contributed by atoms with Gasteiger partial charge in [0, 0.05) is 18.7 Å². The summed E-state index contributed by atoms with van der Waals surface area (Å²) in [7, 11) is 0. The Balaban J connectivity index is 0.00000182. The Kier molecular flexibility index (Phi) is 5.38. The van der Waals surface area contributed by atoms with Crippen molar-refractivity contribution in [3.05, 3.63) is 47.4 Å². The molecular weight excluding hydrogens is 347 g/mol. The van der Waals surface area contributed by atoms with E-state index in [-0.39, 0.29) is 18.2 Å². The number of benzene rings is 1. The van der Waals surface area contributed by atoms with Crippen LogP contribution in [0.15, 0.2) is 28.8 Å². The molecule has 1 saturated carbocycles. The summed E-state index contributed by atoms with van der Waals surface area (Å²) in [6.07, 6.45) is 2.78. The van der Waals surface area contributed by atoms with Gasteiger partial charge >= 0.3 is 0 Å². The summed E-state index contributed by atoms with van der Waals surface area (Å²) < 4.78 is 25.4. The number of nitrogens with zero attached hydrogens (tertiary/aromatic N) is 3. The van der Waals surface area contributed by atoms with Gasteiger partial charge in [0.1, 0.15) is 11.9 Å². The van der Waals surface area contributed by atoms with Crippen LogP contribution in [-0.4, -0.2) is 41.3 Å². The maximum absolute atomic E-state index is 14.4. The molecule has 0 spiro atoms. The van der Waals surface area contributed by atoms with Gasteiger partial charge in [-0.15, -0.1) is 12.4 Å². The van der Waals surface area contributed by atoms with Gasteiger partial charge in [0.15, 0.2) is 5.82 Å². The van der Waals surface area contributed by atoms with Crippen LogP contribution in [0.25, 0.3) is 0 Å². The lowest BCUT2D eigenvalue weighted by Crippen LogP contribution is -2.44.